The predicted octanol–water partition coefficient (Wildman–Crippen LogP) is 2.50. The molecule has 0 amide bonds. The fourth-order valence-electron chi connectivity index (χ4n) is 1.40. The first kappa shape index (κ1) is 9.30. The van der Waals surface area contributed by atoms with Gasteiger partial charge in [-0.05, 0) is 25.1 Å². The summed E-state index contributed by atoms with van der Waals surface area (Å²) >= 11 is 0. The third-order valence-electron chi connectivity index (χ3n) is 2.32. The van der Waals surface area contributed by atoms with Crippen molar-refractivity contribution in [3.8, 4) is 0 Å². The van der Waals surface area contributed by atoms with Crippen LogP contribution in [0.1, 0.15) is 18.8 Å². The van der Waals surface area contributed by atoms with Crippen LogP contribution in [-0.4, -0.2) is 18.4 Å². The molecule has 0 saturated heterocycles. The van der Waals surface area contributed by atoms with Crippen molar-refractivity contribution in [1.82, 2.24) is 9.97 Å². The second-order valence-electron chi connectivity index (χ2n) is 3.74. The highest BCUT2D eigenvalue weighted by atomic mass is 32.2. The highest BCUT2D eigenvalue weighted by Gasteiger charge is 2.16. The highest BCUT2D eigenvalue weighted by molar-refractivity contribution is 7.90. The summed E-state index contributed by atoms with van der Waals surface area (Å²) in [5.41, 5.74) is 1.03. The Morgan fingerprint density at radius 3 is 2.35 bits per heavy atom. The third kappa shape index (κ3) is 2.88. The maximum atomic E-state index is 12.0. The van der Waals surface area contributed by atoms with E-state index < -0.39 is 9.84 Å². The lowest BCUT2D eigenvalue weighted by Gasteiger charge is -2.03. The van der Waals surface area contributed by atoms with Gasteiger partial charge in [0.15, 0.2) is 9.84 Å². The third-order valence-corrected chi connectivity index (χ3v) is 3.95. The minimum atomic E-state index is -3.36. The van der Waals surface area contributed by atoms with Crippen LogP contribution in [0.15, 0.2) is 47.6 Å². The number of sulfone groups is 1. The Kier molecular flexibility index (Phi) is 2.53. The van der Waals surface area contributed by atoms with Crippen LogP contribution >= 0.6 is 0 Å². The zero-order valence-corrected chi connectivity index (χ0v) is 10.2. The number of benzene rings is 1. The largest absolute Gasteiger partial charge is 0.240 e. The van der Waals surface area contributed by atoms with Crippen LogP contribution < -0.4 is 0 Å². The van der Waals surface area contributed by atoms with Gasteiger partial charge < -0.3 is 0 Å². The smallest absolute Gasteiger partial charge is 0.185 e. The molecular formula is C12H18N2O2S. The summed E-state index contributed by atoms with van der Waals surface area (Å²) in [4.78, 5) is 8.13. The van der Waals surface area contributed by atoms with E-state index in [0.29, 0.717) is 10.7 Å². The molecule has 1 aromatic carbocycles. The monoisotopic (exact) mass is 259 g/mol. The van der Waals surface area contributed by atoms with Gasteiger partial charge in [0.2, 0.25) is 0 Å². The van der Waals surface area contributed by atoms with Gasteiger partial charge in [-0.2, -0.15) is 0 Å². The Morgan fingerprint density at radius 1 is 1.18 bits per heavy atom. The van der Waals surface area contributed by atoms with Gasteiger partial charge in [-0.1, -0.05) is 17.7 Å². The minimum absolute atomic E-state index is 0. The summed E-state index contributed by atoms with van der Waals surface area (Å²) in [7, 11) is -3.36. The number of aromatic nitrogens is 2. The van der Waals surface area contributed by atoms with Crippen LogP contribution in [0.5, 0.6) is 0 Å². The van der Waals surface area contributed by atoms with Crippen LogP contribution in [0.25, 0.3) is 0 Å². The lowest BCUT2D eigenvalue weighted by atomic mass is 10.2. The van der Waals surface area contributed by atoms with Gasteiger partial charge in [0.05, 0.1) is 4.90 Å². The molecule has 0 aliphatic rings. The van der Waals surface area contributed by atoms with Crippen molar-refractivity contribution < 1.29 is 15.8 Å². The predicted molar refractivity (Wildman–Crippen MR) is 70.4 cm³/mol. The average Bonchev–Trinajstić information content (AvgIpc) is 2.52. The zero-order chi connectivity index (χ0) is 16.3. The summed E-state index contributed by atoms with van der Waals surface area (Å²) < 4.78 is 44.1. The Balaban J connectivity index is 0. The second kappa shape index (κ2) is 4.63. The number of rotatable bonds is 3. The Labute approximate surface area is 108 Å². The van der Waals surface area contributed by atoms with E-state index in [1.54, 1.807) is 30.3 Å². The first-order chi connectivity index (χ1) is 10.1. The van der Waals surface area contributed by atoms with Crippen LogP contribution in [0.4, 0.5) is 0 Å². The maximum absolute atomic E-state index is 12.0. The van der Waals surface area contributed by atoms with Crippen molar-refractivity contribution in [2.45, 2.75) is 17.6 Å². The summed E-state index contributed by atoms with van der Waals surface area (Å²) in [6.07, 6.45) is 3.07. The van der Waals surface area contributed by atoms with Gasteiger partial charge in [-0.25, -0.2) is 18.4 Å². The van der Waals surface area contributed by atoms with Crippen LogP contribution in [-0.2, 0) is 15.6 Å². The number of hydrogen-bond donors (Lipinski definition) is 0. The summed E-state index contributed by atoms with van der Waals surface area (Å²) in [5.74, 6) is 0.143. The number of hydrogen-bond acceptors (Lipinski definition) is 4. The molecule has 2 aromatic rings. The van der Waals surface area contributed by atoms with Crippen molar-refractivity contribution in [2.24, 2.45) is 0 Å². The lowest BCUT2D eigenvalue weighted by molar-refractivity contribution is 0.593. The Bertz CT molecular complexity index is 609. The average molecular weight is 259 g/mol. The van der Waals surface area contributed by atoms with E-state index in [9.17, 15) is 8.42 Å². The van der Waals surface area contributed by atoms with Gasteiger partial charge in [0.25, 0.3) is 0 Å². The van der Waals surface area contributed by atoms with Crippen molar-refractivity contribution >= 4 is 9.84 Å². The molecule has 0 spiro atoms. The molecule has 1 aromatic heterocycles. The summed E-state index contributed by atoms with van der Waals surface area (Å²) in [5, 5.41) is 0. The summed E-state index contributed by atoms with van der Waals surface area (Å²) in [6, 6.07) is 8.42. The molecule has 0 fully saturated rings. The molecule has 94 valence electrons. The van der Waals surface area contributed by atoms with Crippen LogP contribution in [0.2, 0.25) is 0 Å². The quantitative estimate of drug-likeness (QED) is 0.849. The molecule has 1 heterocycles. The zero-order valence-electron chi connectivity index (χ0n) is 13.4. The van der Waals surface area contributed by atoms with E-state index in [-0.39, 0.29) is 7.18 Å². The topological polar surface area (TPSA) is 59.9 Å². The van der Waals surface area contributed by atoms with Crippen molar-refractivity contribution in [2.75, 3.05) is 0 Å². The van der Waals surface area contributed by atoms with E-state index >= 15 is 0 Å². The molecule has 0 atom stereocenters. The molecule has 0 saturated carbocycles. The van der Waals surface area contributed by atoms with Gasteiger partial charge in [0.1, 0.15) is 11.6 Å². The van der Waals surface area contributed by atoms with Crippen molar-refractivity contribution in [1.29, 1.82) is 0 Å². The van der Waals surface area contributed by atoms with Gasteiger partial charge >= 0.3 is 0 Å². The standard InChI is InChI=1S/C12H12N2O2S.3H2/c1-10-3-5-11(6-4-10)17(15,16)9-12-13-7-2-8-14-12;;;/h2-8H,9H2,1H3;3*1H/i;2*1+1D;1+1. The number of aryl methyl sites for hydroxylation is 1. The maximum Gasteiger partial charge on any atom is 0.185 e. The Morgan fingerprint density at radius 2 is 1.76 bits per heavy atom. The highest BCUT2D eigenvalue weighted by Crippen LogP contribution is 2.14. The molecule has 0 aliphatic heterocycles. The number of nitrogens with zero attached hydrogens (tertiary/aromatic N) is 2. The lowest BCUT2D eigenvalue weighted by Crippen LogP contribution is -2.07. The normalized spacial score (nSPS) is 12.3. The molecule has 5 heteroatoms. The molecule has 0 N–H and O–H groups in total. The fourth-order valence-corrected chi connectivity index (χ4v) is 2.61. The van der Waals surface area contributed by atoms with Gasteiger partial charge in [0, 0.05) is 19.8 Å². The molecule has 2 rings (SSSR count). The minimum Gasteiger partial charge on any atom is -0.240 e. The van der Waals surface area contributed by atoms with Gasteiger partial charge in [-0.15, -0.1) is 0 Å². The van der Waals surface area contributed by atoms with Gasteiger partial charge in [-0.3, -0.25) is 0 Å². The van der Waals surface area contributed by atoms with E-state index in [1.807, 2.05) is 6.92 Å². The Hall–Kier alpha value is -1.75. The summed E-state index contributed by atoms with van der Waals surface area (Å²) in [6.45, 7) is 1.91. The molecular weight excluding hydrogens is 236 g/mol. The fraction of sp³-hybridized carbons (Fsp3) is 0.167. The molecule has 4 nitrogen and oxygen atoms in total. The molecule has 17 heavy (non-hydrogen) atoms. The van der Waals surface area contributed by atoms with E-state index in [4.69, 9.17) is 5.94 Å². The molecule has 0 unspecified atom stereocenters. The van der Waals surface area contributed by atoms with E-state index in [0.717, 1.165) is 5.56 Å². The molecule has 0 radical (unpaired) electrons. The first-order valence-corrected chi connectivity index (χ1v) is 6.78. The van der Waals surface area contributed by atoms with E-state index in [2.05, 4.69) is 9.97 Å². The van der Waals surface area contributed by atoms with Crippen LogP contribution in [0, 0.1) is 6.92 Å². The molecule has 0 aliphatic carbocycles. The van der Waals surface area contributed by atoms with Crippen molar-refractivity contribution in [3.05, 3.63) is 54.1 Å². The SMILES string of the molecule is Cc1ccc(S(=O)(=O)Cc2ncccn2)cc1.[2HH].[2H][2H].[2H][2H]. The van der Waals surface area contributed by atoms with Crippen LogP contribution in [0.3, 0.4) is 0 Å². The second-order valence-corrected chi connectivity index (χ2v) is 5.73. The molecule has 0 bridgehead atoms. The van der Waals surface area contributed by atoms with E-state index in [1.165, 1.54) is 12.4 Å². The van der Waals surface area contributed by atoms with Crippen molar-refractivity contribution in [3.63, 3.8) is 0 Å². The first-order valence-electron chi connectivity index (χ1n) is 7.13.